The zero-order valence-electron chi connectivity index (χ0n) is 13.0. The van der Waals surface area contributed by atoms with Gasteiger partial charge in [0, 0.05) is 35.9 Å². The van der Waals surface area contributed by atoms with Crippen LogP contribution in [0.3, 0.4) is 0 Å². The number of aldehydes is 1. The second-order valence-corrected chi connectivity index (χ2v) is 6.60. The zero-order chi connectivity index (χ0) is 18.0. The number of carbonyl (C=O) groups excluding carboxylic acids is 1. The lowest BCUT2D eigenvalue weighted by molar-refractivity contribution is -0.274. The third-order valence-electron chi connectivity index (χ3n) is 3.96. The van der Waals surface area contributed by atoms with E-state index >= 15 is 0 Å². The molecule has 2 aromatic rings. The van der Waals surface area contributed by atoms with Crippen LogP contribution >= 0.6 is 15.9 Å². The van der Waals surface area contributed by atoms with Gasteiger partial charge in [-0.05, 0) is 45.3 Å². The van der Waals surface area contributed by atoms with Crippen LogP contribution < -0.4 is 4.74 Å². The number of halogens is 4. The lowest BCUT2D eigenvalue weighted by atomic mass is 9.97. The van der Waals surface area contributed by atoms with Crippen LogP contribution in [0.25, 0.3) is 0 Å². The predicted molar refractivity (Wildman–Crippen MR) is 88.0 cm³/mol. The normalized spacial score (nSPS) is 17.8. The number of fused-ring (bicyclic) bond motifs is 1. The molecule has 8 heteroatoms. The van der Waals surface area contributed by atoms with Crippen molar-refractivity contribution in [1.82, 2.24) is 9.88 Å². The van der Waals surface area contributed by atoms with E-state index in [1.54, 1.807) is 12.3 Å². The molecule has 1 aromatic carbocycles. The van der Waals surface area contributed by atoms with Crippen molar-refractivity contribution in [3.63, 3.8) is 0 Å². The highest BCUT2D eigenvalue weighted by molar-refractivity contribution is 9.10. The van der Waals surface area contributed by atoms with Crippen LogP contribution in [0, 0.1) is 0 Å². The van der Waals surface area contributed by atoms with Crippen LogP contribution in [0.1, 0.15) is 22.9 Å². The Morgan fingerprint density at radius 2 is 2.16 bits per heavy atom. The molecule has 0 N–H and O–H groups in total. The number of ether oxygens (including phenoxy) is 1. The van der Waals surface area contributed by atoms with Crippen molar-refractivity contribution in [2.45, 2.75) is 25.4 Å². The average Bonchev–Trinajstić information content (AvgIpc) is 2.53. The summed E-state index contributed by atoms with van der Waals surface area (Å²) < 4.78 is 41.8. The standard InChI is InChI=1S/C17H14BrF3N2O2/c18-12-7-14-15(22-8-12)4-5-23(16(14)10-24)9-11-2-1-3-13(6-11)25-17(19,20)21/h1-3,6-8,10,16H,4-5,9H2. The number of nitrogens with zero attached hydrogens (tertiary/aromatic N) is 2. The van der Waals surface area contributed by atoms with Gasteiger partial charge in [-0.1, -0.05) is 12.1 Å². The minimum Gasteiger partial charge on any atom is -0.406 e. The van der Waals surface area contributed by atoms with E-state index in [2.05, 4.69) is 25.7 Å². The number of hydrogen-bond acceptors (Lipinski definition) is 4. The van der Waals surface area contributed by atoms with Gasteiger partial charge in [0.2, 0.25) is 0 Å². The van der Waals surface area contributed by atoms with Crippen LogP contribution in [-0.4, -0.2) is 29.1 Å². The summed E-state index contributed by atoms with van der Waals surface area (Å²) in [5.41, 5.74) is 2.32. The lowest BCUT2D eigenvalue weighted by Crippen LogP contribution is -2.36. The molecule has 0 spiro atoms. The maximum Gasteiger partial charge on any atom is 0.573 e. The molecule has 1 atom stereocenters. The monoisotopic (exact) mass is 414 g/mol. The molecule has 0 radical (unpaired) electrons. The Labute approximate surface area is 150 Å². The van der Waals surface area contributed by atoms with Gasteiger partial charge in [-0.15, -0.1) is 13.2 Å². The average molecular weight is 415 g/mol. The number of aromatic nitrogens is 1. The molecule has 0 amide bonds. The first-order chi connectivity index (χ1) is 11.9. The van der Waals surface area contributed by atoms with Crippen molar-refractivity contribution in [3.05, 3.63) is 57.8 Å². The van der Waals surface area contributed by atoms with E-state index in [1.165, 1.54) is 18.2 Å². The molecule has 0 bridgehead atoms. The molecule has 4 nitrogen and oxygen atoms in total. The second kappa shape index (κ2) is 7.13. The van der Waals surface area contributed by atoms with Gasteiger partial charge in [-0.25, -0.2) is 0 Å². The van der Waals surface area contributed by atoms with Gasteiger partial charge in [-0.2, -0.15) is 0 Å². The summed E-state index contributed by atoms with van der Waals surface area (Å²) in [6, 6.07) is 7.17. The fourth-order valence-electron chi connectivity index (χ4n) is 2.95. The van der Waals surface area contributed by atoms with Crippen molar-refractivity contribution < 1.29 is 22.7 Å². The highest BCUT2D eigenvalue weighted by Gasteiger charge is 2.31. The maximum atomic E-state index is 12.4. The molecule has 132 valence electrons. The molecule has 0 aliphatic carbocycles. The summed E-state index contributed by atoms with van der Waals surface area (Å²) >= 11 is 3.35. The van der Waals surface area contributed by atoms with E-state index in [0.717, 1.165) is 22.0 Å². The molecule has 1 aromatic heterocycles. The Bertz CT molecular complexity index is 783. The highest BCUT2D eigenvalue weighted by Crippen LogP contribution is 2.31. The second-order valence-electron chi connectivity index (χ2n) is 5.69. The molecule has 3 rings (SSSR count). The summed E-state index contributed by atoms with van der Waals surface area (Å²) in [7, 11) is 0. The number of alkyl halides is 3. The topological polar surface area (TPSA) is 42.4 Å². The number of rotatable bonds is 4. The Hall–Kier alpha value is -1.93. The van der Waals surface area contributed by atoms with E-state index in [4.69, 9.17) is 0 Å². The van der Waals surface area contributed by atoms with Crippen molar-refractivity contribution in [1.29, 1.82) is 0 Å². The van der Waals surface area contributed by atoms with Crippen molar-refractivity contribution in [3.8, 4) is 5.75 Å². The maximum absolute atomic E-state index is 12.4. The molecule has 1 aliphatic rings. The third-order valence-corrected chi connectivity index (χ3v) is 4.40. The smallest absolute Gasteiger partial charge is 0.406 e. The van der Waals surface area contributed by atoms with Crippen LogP contribution in [0.5, 0.6) is 5.75 Å². The van der Waals surface area contributed by atoms with Crippen LogP contribution in [0.15, 0.2) is 41.0 Å². The van der Waals surface area contributed by atoms with Gasteiger partial charge >= 0.3 is 6.36 Å². The van der Waals surface area contributed by atoms with E-state index in [-0.39, 0.29) is 5.75 Å². The molecule has 0 saturated heterocycles. The van der Waals surface area contributed by atoms with Gasteiger partial charge in [0.25, 0.3) is 0 Å². The number of pyridine rings is 1. The Balaban J connectivity index is 1.81. The van der Waals surface area contributed by atoms with Gasteiger partial charge in [0.05, 0.1) is 6.04 Å². The number of hydrogen-bond donors (Lipinski definition) is 0. The fourth-order valence-corrected chi connectivity index (χ4v) is 3.29. The third kappa shape index (κ3) is 4.38. The van der Waals surface area contributed by atoms with Crippen molar-refractivity contribution in [2.24, 2.45) is 0 Å². The summed E-state index contributed by atoms with van der Waals surface area (Å²) in [6.45, 7) is 0.930. The Morgan fingerprint density at radius 1 is 1.36 bits per heavy atom. The molecule has 1 aliphatic heterocycles. The first-order valence-corrected chi connectivity index (χ1v) is 8.33. The van der Waals surface area contributed by atoms with Crippen molar-refractivity contribution in [2.75, 3.05) is 6.54 Å². The van der Waals surface area contributed by atoms with Gasteiger partial charge in [-0.3, -0.25) is 9.88 Å². The molecule has 0 saturated carbocycles. The summed E-state index contributed by atoms with van der Waals surface area (Å²) in [5, 5.41) is 0. The first kappa shape index (κ1) is 17.9. The van der Waals surface area contributed by atoms with Gasteiger partial charge < -0.3 is 9.53 Å². The fraction of sp³-hybridized carbons (Fsp3) is 0.294. The highest BCUT2D eigenvalue weighted by atomic mass is 79.9. The summed E-state index contributed by atoms with van der Waals surface area (Å²) in [5.74, 6) is -0.269. The van der Waals surface area contributed by atoms with E-state index < -0.39 is 12.4 Å². The zero-order valence-corrected chi connectivity index (χ0v) is 14.5. The quantitative estimate of drug-likeness (QED) is 0.708. The van der Waals surface area contributed by atoms with E-state index in [0.29, 0.717) is 25.1 Å². The largest absolute Gasteiger partial charge is 0.573 e. The predicted octanol–water partition coefficient (Wildman–Crippen LogP) is 4.04. The first-order valence-electron chi connectivity index (χ1n) is 7.54. The molecule has 25 heavy (non-hydrogen) atoms. The minimum atomic E-state index is -4.73. The summed E-state index contributed by atoms with van der Waals surface area (Å²) in [6.07, 6.45) is -1.53. The minimum absolute atomic E-state index is 0.269. The van der Waals surface area contributed by atoms with E-state index in [9.17, 15) is 18.0 Å². The molecular weight excluding hydrogens is 401 g/mol. The van der Waals surface area contributed by atoms with Crippen LogP contribution in [0.4, 0.5) is 13.2 Å². The molecular formula is C17H14BrF3N2O2. The van der Waals surface area contributed by atoms with Gasteiger partial charge in [0.15, 0.2) is 0 Å². The number of benzene rings is 1. The van der Waals surface area contributed by atoms with Crippen LogP contribution in [-0.2, 0) is 17.8 Å². The molecule has 1 unspecified atom stereocenters. The lowest BCUT2D eigenvalue weighted by Gasteiger charge is -2.33. The SMILES string of the molecule is O=CC1c2cc(Br)cnc2CCN1Cc1cccc(OC(F)(F)F)c1. The van der Waals surface area contributed by atoms with Crippen LogP contribution in [0.2, 0.25) is 0 Å². The summed E-state index contributed by atoms with van der Waals surface area (Å²) in [4.78, 5) is 17.9. The van der Waals surface area contributed by atoms with Crippen molar-refractivity contribution >= 4 is 22.2 Å². The number of carbonyl (C=O) groups is 1. The Morgan fingerprint density at radius 3 is 2.88 bits per heavy atom. The molecule has 2 heterocycles. The molecule has 0 fully saturated rings. The Kier molecular flexibility index (Phi) is 5.10. The van der Waals surface area contributed by atoms with E-state index in [1.807, 2.05) is 11.0 Å². The van der Waals surface area contributed by atoms with Gasteiger partial charge in [0.1, 0.15) is 12.0 Å².